The molecule has 7 heteroatoms. The monoisotopic (exact) mass is 332 g/mol. The van der Waals surface area contributed by atoms with Crippen molar-refractivity contribution in [2.45, 2.75) is 19.1 Å². The highest BCUT2D eigenvalue weighted by molar-refractivity contribution is 5.75. The summed E-state index contributed by atoms with van der Waals surface area (Å²) in [6.07, 6.45) is 3.46. The average molecular weight is 332 g/mol. The zero-order valence-electron chi connectivity index (χ0n) is 13.8. The minimum Gasteiger partial charge on any atom is -0.375 e. The van der Waals surface area contributed by atoms with E-state index in [2.05, 4.69) is 10.3 Å². The summed E-state index contributed by atoms with van der Waals surface area (Å²) in [5, 5.41) is 2.98. The molecule has 1 aromatic carbocycles. The molecule has 128 valence electrons. The Hall–Kier alpha value is -2.41. The molecule has 1 aliphatic heterocycles. The number of hydrogen-bond acceptors (Lipinski definition) is 3. The number of ether oxygens (including phenoxy) is 1. The predicted molar refractivity (Wildman–Crippen MR) is 87.0 cm³/mol. The summed E-state index contributed by atoms with van der Waals surface area (Å²) >= 11 is 0. The van der Waals surface area contributed by atoms with Crippen LogP contribution in [-0.2, 0) is 11.8 Å². The van der Waals surface area contributed by atoms with Crippen molar-refractivity contribution in [3.63, 3.8) is 0 Å². The number of urea groups is 1. The maximum absolute atomic E-state index is 13.6. The molecule has 0 bridgehead atoms. The van der Waals surface area contributed by atoms with E-state index in [9.17, 15) is 9.18 Å². The topological polar surface area (TPSA) is 59.4 Å². The van der Waals surface area contributed by atoms with Gasteiger partial charge in [-0.25, -0.2) is 14.2 Å². The highest BCUT2D eigenvalue weighted by atomic mass is 19.1. The molecular formula is C17H21FN4O2. The van der Waals surface area contributed by atoms with Gasteiger partial charge in [0.1, 0.15) is 17.7 Å². The number of benzene rings is 1. The number of aromatic nitrogens is 2. The molecule has 1 aromatic heterocycles. The molecule has 2 amide bonds. The molecule has 2 atom stereocenters. The van der Waals surface area contributed by atoms with Crippen LogP contribution < -0.4 is 5.32 Å². The molecule has 0 saturated carbocycles. The molecular weight excluding hydrogens is 311 g/mol. The van der Waals surface area contributed by atoms with Crippen LogP contribution in [0.1, 0.15) is 24.4 Å². The summed E-state index contributed by atoms with van der Waals surface area (Å²) in [6, 6.07) is 5.48. The lowest BCUT2D eigenvalue weighted by Gasteiger charge is -2.32. The first-order valence-electron chi connectivity index (χ1n) is 7.94. The number of imidazole rings is 1. The third-order valence-corrected chi connectivity index (χ3v) is 4.09. The van der Waals surface area contributed by atoms with E-state index in [1.807, 2.05) is 18.5 Å². The first-order valence-corrected chi connectivity index (χ1v) is 7.94. The Balaban J connectivity index is 1.85. The van der Waals surface area contributed by atoms with Gasteiger partial charge in [0.15, 0.2) is 0 Å². The summed E-state index contributed by atoms with van der Waals surface area (Å²) < 4.78 is 20.9. The van der Waals surface area contributed by atoms with Crippen LogP contribution >= 0.6 is 0 Å². The number of aryl methyl sites for hydroxylation is 1. The molecule has 0 spiro atoms. The lowest BCUT2D eigenvalue weighted by atomic mass is 10.1. The molecule has 2 aromatic rings. The van der Waals surface area contributed by atoms with E-state index in [1.54, 1.807) is 29.4 Å². The number of nitrogens with one attached hydrogen (secondary N) is 1. The zero-order chi connectivity index (χ0) is 17.1. The molecule has 0 unspecified atom stereocenters. The lowest BCUT2D eigenvalue weighted by molar-refractivity contribution is -0.00376. The minimum atomic E-state index is -0.522. The van der Waals surface area contributed by atoms with Crippen molar-refractivity contribution < 1.29 is 13.9 Å². The Kier molecular flexibility index (Phi) is 4.80. The highest BCUT2D eigenvalue weighted by Gasteiger charge is 2.26. The molecule has 24 heavy (non-hydrogen) atoms. The predicted octanol–water partition coefficient (Wildman–Crippen LogP) is 2.08. The van der Waals surface area contributed by atoms with Crippen molar-refractivity contribution in [3.05, 3.63) is 53.9 Å². The van der Waals surface area contributed by atoms with Crippen LogP contribution in [0.4, 0.5) is 9.18 Å². The summed E-state index contributed by atoms with van der Waals surface area (Å²) in [5.41, 5.74) is 0.652. The molecule has 2 heterocycles. The smallest absolute Gasteiger partial charge is 0.318 e. The van der Waals surface area contributed by atoms with Gasteiger partial charge in [0, 0.05) is 32.5 Å². The average Bonchev–Trinajstić information content (AvgIpc) is 2.98. The van der Waals surface area contributed by atoms with Gasteiger partial charge in [-0.2, -0.15) is 0 Å². The van der Waals surface area contributed by atoms with Gasteiger partial charge in [0.2, 0.25) is 0 Å². The number of nitrogens with zero attached hydrogens (tertiary/aromatic N) is 3. The number of hydrogen-bond donors (Lipinski definition) is 1. The van der Waals surface area contributed by atoms with E-state index >= 15 is 0 Å². The van der Waals surface area contributed by atoms with Crippen molar-refractivity contribution in [1.82, 2.24) is 19.8 Å². The fraction of sp³-hybridized carbons (Fsp3) is 0.412. The van der Waals surface area contributed by atoms with Crippen LogP contribution in [0.15, 0.2) is 36.7 Å². The number of carbonyl (C=O) groups excluding carboxylic acids is 1. The van der Waals surface area contributed by atoms with Crippen molar-refractivity contribution in [2.24, 2.45) is 7.05 Å². The maximum atomic E-state index is 13.6. The summed E-state index contributed by atoms with van der Waals surface area (Å²) in [4.78, 5) is 18.7. The number of morpholine rings is 1. The van der Waals surface area contributed by atoms with Gasteiger partial charge >= 0.3 is 6.03 Å². The second kappa shape index (κ2) is 7.00. The Labute approximate surface area is 140 Å². The third kappa shape index (κ3) is 3.56. The number of amides is 2. The standard InChI is InChI=1S/C17H21FN4O2/c1-12-11-22(8-9-24-12)17(23)20-15(16-19-6-7-21(16)2)13-4-3-5-14(18)10-13/h3-7,10,12,15H,8-9,11H2,1-2H3,(H,20,23)/t12-,15+/m0/s1. The van der Waals surface area contributed by atoms with Gasteiger partial charge in [0.25, 0.3) is 0 Å². The van der Waals surface area contributed by atoms with Gasteiger partial charge in [-0.05, 0) is 24.6 Å². The van der Waals surface area contributed by atoms with Crippen molar-refractivity contribution in [1.29, 1.82) is 0 Å². The van der Waals surface area contributed by atoms with Gasteiger partial charge in [0.05, 0.1) is 12.7 Å². The fourth-order valence-corrected chi connectivity index (χ4v) is 2.86. The van der Waals surface area contributed by atoms with Crippen LogP contribution in [0.25, 0.3) is 0 Å². The Bertz CT molecular complexity index is 718. The molecule has 1 aliphatic rings. The maximum Gasteiger partial charge on any atom is 0.318 e. The molecule has 1 fully saturated rings. The van der Waals surface area contributed by atoms with Gasteiger partial charge < -0.3 is 19.5 Å². The number of carbonyl (C=O) groups is 1. The van der Waals surface area contributed by atoms with Gasteiger partial charge in [-0.3, -0.25) is 0 Å². The first kappa shape index (κ1) is 16.4. The molecule has 1 saturated heterocycles. The van der Waals surface area contributed by atoms with Crippen LogP contribution in [0.3, 0.4) is 0 Å². The van der Waals surface area contributed by atoms with Crippen molar-refractivity contribution in [2.75, 3.05) is 19.7 Å². The molecule has 1 N–H and O–H groups in total. The van der Waals surface area contributed by atoms with Crippen LogP contribution in [0, 0.1) is 5.82 Å². The number of halogens is 1. The Morgan fingerprint density at radius 2 is 2.33 bits per heavy atom. The van der Waals surface area contributed by atoms with E-state index in [4.69, 9.17) is 4.74 Å². The minimum absolute atomic E-state index is 0.00489. The van der Waals surface area contributed by atoms with E-state index in [0.717, 1.165) is 0 Å². The Morgan fingerprint density at radius 1 is 1.50 bits per heavy atom. The third-order valence-electron chi connectivity index (χ3n) is 4.09. The van der Waals surface area contributed by atoms with Crippen LogP contribution in [0.5, 0.6) is 0 Å². The van der Waals surface area contributed by atoms with Gasteiger partial charge in [-0.1, -0.05) is 12.1 Å². The summed E-state index contributed by atoms with van der Waals surface area (Å²) in [7, 11) is 1.84. The quantitative estimate of drug-likeness (QED) is 0.936. The van der Waals surface area contributed by atoms with E-state index in [0.29, 0.717) is 31.1 Å². The summed E-state index contributed by atoms with van der Waals surface area (Å²) in [6.45, 7) is 3.51. The van der Waals surface area contributed by atoms with E-state index < -0.39 is 6.04 Å². The second-order valence-corrected chi connectivity index (χ2v) is 5.96. The Morgan fingerprint density at radius 3 is 3.00 bits per heavy atom. The van der Waals surface area contributed by atoms with Crippen molar-refractivity contribution >= 4 is 6.03 Å². The van der Waals surface area contributed by atoms with Gasteiger partial charge in [-0.15, -0.1) is 0 Å². The highest BCUT2D eigenvalue weighted by Crippen LogP contribution is 2.22. The van der Waals surface area contributed by atoms with Crippen LogP contribution in [0.2, 0.25) is 0 Å². The first-order chi connectivity index (χ1) is 11.5. The fourth-order valence-electron chi connectivity index (χ4n) is 2.86. The second-order valence-electron chi connectivity index (χ2n) is 5.96. The zero-order valence-corrected chi connectivity index (χ0v) is 13.8. The lowest BCUT2D eigenvalue weighted by Crippen LogP contribution is -2.50. The SMILES string of the molecule is C[C@H]1CN(C(=O)N[C@H](c2cccc(F)c2)c2nccn2C)CCO1. The van der Waals surface area contributed by atoms with E-state index in [-0.39, 0.29) is 18.0 Å². The molecule has 6 nitrogen and oxygen atoms in total. The molecule has 3 rings (SSSR count). The van der Waals surface area contributed by atoms with E-state index in [1.165, 1.54) is 12.1 Å². The molecule has 0 radical (unpaired) electrons. The van der Waals surface area contributed by atoms with Crippen LogP contribution in [-0.4, -0.2) is 46.3 Å². The van der Waals surface area contributed by atoms with Crippen molar-refractivity contribution in [3.8, 4) is 0 Å². The number of rotatable bonds is 3. The normalized spacial score (nSPS) is 19.1. The largest absolute Gasteiger partial charge is 0.375 e. The molecule has 0 aliphatic carbocycles. The summed E-state index contributed by atoms with van der Waals surface area (Å²) in [5.74, 6) is 0.302.